The smallest absolute Gasteiger partial charge is 0.123 e. The van der Waals surface area contributed by atoms with Gasteiger partial charge in [0.1, 0.15) is 5.82 Å². The van der Waals surface area contributed by atoms with Crippen LogP contribution < -0.4 is 5.73 Å². The first-order chi connectivity index (χ1) is 8.08. The lowest BCUT2D eigenvalue weighted by molar-refractivity contribution is 0.626. The standard InChI is InChI=1S/C14H15FN2/c1-9-7-11(5-6-17-9)14-8-12(15)3-4-13(14)10(2)16/h3-8,10H,16H2,1-2H3. The van der Waals surface area contributed by atoms with Gasteiger partial charge in [0.25, 0.3) is 0 Å². The lowest BCUT2D eigenvalue weighted by atomic mass is 9.96. The average molecular weight is 230 g/mol. The molecule has 2 N–H and O–H groups in total. The molecule has 0 saturated carbocycles. The zero-order valence-corrected chi connectivity index (χ0v) is 9.94. The number of aromatic nitrogens is 1. The van der Waals surface area contributed by atoms with Crippen LogP contribution in [0.15, 0.2) is 36.5 Å². The summed E-state index contributed by atoms with van der Waals surface area (Å²) < 4.78 is 13.3. The van der Waals surface area contributed by atoms with Crippen LogP contribution in [0.3, 0.4) is 0 Å². The summed E-state index contributed by atoms with van der Waals surface area (Å²) in [7, 11) is 0. The number of hydrogen-bond donors (Lipinski definition) is 1. The second-order valence-electron chi connectivity index (χ2n) is 4.21. The van der Waals surface area contributed by atoms with Crippen molar-refractivity contribution in [3.63, 3.8) is 0 Å². The minimum atomic E-state index is -0.251. The first-order valence-electron chi connectivity index (χ1n) is 5.56. The van der Waals surface area contributed by atoms with Crippen molar-refractivity contribution in [3.05, 3.63) is 53.6 Å². The Balaban J connectivity index is 2.61. The number of hydrogen-bond acceptors (Lipinski definition) is 2. The molecule has 0 saturated heterocycles. The topological polar surface area (TPSA) is 38.9 Å². The Morgan fingerprint density at radius 1 is 1.24 bits per heavy atom. The maximum atomic E-state index is 13.3. The van der Waals surface area contributed by atoms with Gasteiger partial charge in [0.05, 0.1) is 0 Å². The van der Waals surface area contributed by atoms with Crippen LogP contribution in [0.2, 0.25) is 0 Å². The molecular formula is C14H15FN2. The van der Waals surface area contributed by atoms with Crippen LogP contribution >= 0.6 is 0 Å². The predicted octanol–water partition coefficient (Wildman–Crippen LogP) is 3.22. The Morgan fingerprint density at radius 3 is 2.65 bits per heavy atom. The fraction of sp³-hybridized carbons (Fsp3) is 0.214. The van der Waals surface area contributed by atoms with E-state index in [-0.39, 0.29) is 11.9 Å². The third-order valence-corrected chi connectivity index (χ3v) is 2.71. The van der Waals surface area contributed by atoms with Gasteiger partial charge in [-0.15, -0.1) is 0 Å². The molecule has 0 aliphatic rings. The van der Waals surface area contributed by atoms with Crippen LogP contribution in [0.1, 0.15) is 24.2 Å². The number of aryl methyl sites for hydroxylation is 1. The van der Waals surface area contributed by atoms with E-state index in [1.807, 2.05) is 26.0 Å². The molecule has 0 amide bonds. The Morgan fingerprint density at radius 2 is 2.00 bits per heavy atom. The molecule has 0 spiro atoms. The SMILES string of the molecule is Cc1cc(-c2cc(F)ccc2C(C)N)ccn1. The summed E-state index contributed by atoms with van der Waals surface area (Å²) in [5, 5.41) is 0. The molecule has 1 aromatic carbocycles. The molecule has 2 aromatic rings. The van der Waals surface area contributed by atoms with Crippen molar-refractivity contribution in [3.8, 4) is 11.1 Å². The summed E-state index contributed by atoms with van der Waals surface area (Å²) in [5.41, 5.74) is 9.54. The Hall–Kier alpha value is -1.74. The van der Waals surface area contributed by atoms with Crippen LogP contribution in [0.25, 0.3) is 11.1 Å². The average Bonchev–Trinajstić information content (AvgIpc) is 2.28. The molecule has 0 radical (unpaired) electrons. The van der Waals surface area contributed by atoms with Crippen LogP contribution in [0.5, 0.6) is 0 Å². The highest BCUT2D eigenvalue weighted by Gasteiger charge is 2.10. The third kappa shape index (κ3) is 2.50. The molecule has 0 aliphatic heterocycles. The number of benzene rings is 1. The molecule has 1 heterocycles. The van der Waals surface area contributed by atoms with Crippen LogP contribution in [-0.4, -0.2) is 4.98 Å². The van der Waals surface area contributed by atoms with Gasteiger partial charge in [-0.05, 0) is 54.8 Å². The van der Waals surface area contributed by atoms with Crippen molar-refractivity contribution in [2.75, 3.05) is 0 Å². The third-order valence-electron chi connectivity index (χ3n) is 2.71. The molecule has 0 aliphatic carbocycles. The molecule has 1 atom stereocenters. The predicted molar refractivity (Wildman–Crippen MR) is 67.0 cm³/mol. The first kappa shape index (κ1) is 11.7. The van der Waals surface area contributed by atoms with Gasteiger partial charge in [-0.3, -0.25) is 4.98 Å². The molecule has 1 aromatic heterocycles. The molecule has 17 heavy (non-hydrogen) atoms. The summed E-state index contributed by atoms with van der Waals surface area (Å²) in [6, 6.07) is 8.38. The van der Waals surface area contributed by atoms with Crippen molar-refractivity contribution in [2.45, 2.75) is 19.9 Å². The first-order valence-corrected chi connectivity index (χ1v) is 5.56. The second-order valence-corrected chi connectivity index (χ2v) is 4.21. The van der Waals surface area contributed by atoms with Crippen LogP contribution in [0.4, 0.5) is 4.39 Å². The summed E-state index contributed by atoms with van der Waals surface area (Å²) in [4.78, 5) is 4.14. The van der Waals surface area contributed by atoms with E-state index in [2.05, 4.69) is 4.98 Å². The normalized spacial score (nSPS) is 12.5. The number of rotatable bonds is 2. The second kappa shape index (κ2) is 4.63. The van der Waals surface area contributed by atoms with E-state index in [9.17, 15) is 4.39 Å². The number of pyridine rings is 1. The highest BCUT2D eigenvalue weighted by Crippen LogP contribution is 2.28. The lowest BCUT2D eigenvalue weighted by Gasteiger charge is -2.13. The van der Waals surface area contributed by atoms with Gasteiger partial charge in [-0.25, -0.2) is 4.39 Å². The molecule has 0 bridgehead atoms. The minimum Gasteiger partial charge on any atom is -0.324 e. The molecule has 0 fully saturated rings. The van der Waals surface area contributed by atoms with Gasteiger partial charge >= 0.3 is 0 Å². The molecule has 2 rings (SSSR count). The monoisotopic (exact) mass is 230 g/mol. The van der Waals surface area contributed by atoms with Crippen molar-refractivity contribution in [2.24, 2.45) is 5.73 Å². The summed E-state index contributed by atoms with van der Waals surface area (Å²) >= 11 is 0. The van der Waals surface area contributed by atoms with E-state index in [0.717, 1.165) is 22.4 Å². The van der Waals surface area contributed by atoms with Crippen molar-refractivity contribution >= 4 is 0 Å². The maximum Gasteiger partial charge on any atom is 0.123 e. The van der Waals surface area contributed by atoms with E-state index >= 15 is 0 Å². The van der Waals surface area contributed by atoms with Gasteiger partial charge in [0.2, 0.25) is 0 Å². The summed E-state index contributed by atoms with van der Waals surface area (Å²) in [6.07, 6.45) is 1.72. The van der Waals surface area contributed by atoms with Crippen molar-refractivity contribution < 1.29 is 4.39 Å². The van der Waals surface area contributed by atoms with Gasteiger partial charge in [-0.1, -0.05) is 6.07 Å². The van der Waals surface area contributed by atoms with Gasteiger partial charge in [-0.2, -0.15) is 0 Å². The molecular weight excluding hydrogens is 215 g/mol. The summed E-state index contributed by atoms with van der Waals surface area (Å²) in [5.74, 6) is -0.251. The van der Waals surface area contributed by atoms with Crippen molar-refractivity contribution in [1.82, 2.24) is 4.98 Å². The van der Waals surface area contributed by atoms with E-state index in [0.29, 0.717) is 0 Å². The largest absolute Gasteiger partial charge is 0.324 e. The highest BCUT2D eigenvalue weighted by molar-refractivity contribution is 5.68. The van der Waals surface area contributed by atoms with Crippen LogP contribution in [0, 0.1) is 12.7 Å². The van der Waals surface area contributed by atoms with E-state index < -0.39 is 0 Å². The zero-order chi connectivity index (χ0) is 12.4. The Labute approximate surface area is 100 Å². The lowest BCUT2D eigenvalue weighted by Crippen LogP contribution is -2.07. The molecule has 3 heteroatoms. The molecule has 2 nitrogen and oxygen atoms in total. The van der Waals surface area contributed by atoms with Gasteiger partial charge < -0.3 is 5.73 Å². The van der Waals surface area contributed by atoms with E-state index in [1.54, 1.807) is 12.3 Å². The fourth-order valence-corrected chi connectivity index (χ4v) is 1.89. The Kier molecular flexibility index (Phi) is 3.20. The Bertz CT molecular complexity index is 535. The van der Waals surface area contributed by atoms with E-state index in [4.69, 9.17) is 5.73 Å². The zero-order valence-electron chi connectivity index (χ0n) is 9.94. The van der Waals surface area contributed by atoms with Gasteiger partial charge in [0, 0.05) is 17.9 Å². The quantitative estimate of drug-likeness (QED) is 0.860. The minimum absolute atomic E-state index is 0.126. The highest BCUT2D eigenvalue weighted by atomic mass is 19.1. The number of nitrogens with zero attached hydrogens (tertiary/aromatic N) is 1. The van der Waals surface area contributed by atoms with E-state index in [1.165, 1.54) is 12.1 Å². The fourth-order valence-electron chi connectivity index (χ4n) is 1.89. The van der Waals surface area contributed by atoms with Crippen LogP contribution in [-0.2, 0) is 0 Å². The molecule has 88 valence electrons. The van der Waals surface area contributed by atoms with Gasteiger partial charge in [0.15, 0.2) is 0 Å². The summed E-state index contributed by atoms with van der Waals surface area (Å²) in [6.45, 7) is 3.80. The maximum absolute atomic E-state index is 13.3. The molecule has 1 unspecified atom stereocenters. The van der Waals surface area contributed by atoms with Crippen molar-refractivity contribution in [1.29, 1.82) is 0 Å². The number of halogens is 1. The number of nitrogens with two attached hydrogens (primary N) is 1.